The second-order valence-electron chi connectivity index (χ2n) is 15.4. The molecule has 348 valence electrons. The predicted octanol–water partition coefficient (Wildman–Crippen LogP) is 4.26. The highest BCUT2D eigenvalue weighted by Crippen LogP contribution is 2.29. The average Bonchev–Trinajstić information content (AvgIpc) is 3.26. The summed E-state index contributed by atoms with van der Waals surface area (Å²) in [4.78, 5) is 13.0. The molecule has 0 spiro atoms. The molecule has 9 N–H and O–H groups in total. The van der Waals surface area contributed by atoms with Crippen molar-refractivity contribution >= 4 is 5.91 Å². The molecule has 2 fully saturated rings. The Kier molecular flexibility index (Phi) is 30.0. The Morgan fingerprint density at radius 2 is 1.15 bits per heavy atom. The zero-order valence-corrected chi connectivity index (χ0v) is 36.4. The van der Waals surface area contributed by atoms with Gasteiger partial charge in [0.1, 0.15) is 48.8 Å². The molecule has 0 bridgehead atoms. The highest BCUT2D eigenvalue weighted by Gasteiger charge is 2.50. The molecule has 0 aromatic heterocycles. The van der Waals surface area contributed by atoms with Crippen molar-refractivity contribution in [2.75, 3.05) is 19.8 Å². The fourth-order valence-corrected chi connectivity index (χ4v) is 6.62. The maximum absolute atomic E-state index is 13.0. The fourth-order valence-electron chi connectivity index (χ4n) is 6.62. The third kappa shape index (κ3) is 21.9. The van der Waals surface area contributed by atoms with Gasteiger partial charge >= 0.3 is 0 Å². The van der Waals surface area contributed by atoms with E-state index in [0.29, 0.717) is 12.8 Å². The van der Waals surface area contributed by atoms with E-state index in [1.807, 2.05) is 18.2 Å². The van der Waals surface area contributed by atoms with Gasteiger partial charge in [0.05, 0.1) is 32.0 Å². The van der Waals surface area contributed by atoms with E-state index in [1.54, 1.807) is 6.08 Å². The third-order valence-electron chi connectivity index (χ3n) is 10.3. The molecule has 2 aliphatic rings. The van der Waals surface area contributed by atoms with Gasteiger partial charge in [0, 0.05) is 6.42 Å². The first-order valence-corrected chi connectivity index (χ1v) is 22.3. The first-order valence-electron chi connectivity index (χ1n) is 22.3. The van der Waals surface area contributed by atoms with Crippen LogP contribution >= 0.6 is 0 Å². The number of carbonyl (C=O) groups excluding carboxylic acids is 1. The number of rotatable bonds is 31. The molecule has 2 rings (SSSR count). The second kappa shape index (κ2) is 33.7. The van der Waals surface area contributed by atoms with E-state index < -0.39 is 86.8 Å². The summed E-state index contributed by atoms with van der Waals surface area (Å²) in [5.74, 6) is -0.340. The van der Waals surface area contributed by atoms with E-state index in [4.69, 9.17) is 18.9 Å². The van der Waals surface area contributed by atoms with Crippen molar-refractivity contribution in [2.45, 2.75) is 184 Å². The minimum absolute atomic E-state index is 0.144. The van der Waals surface area contributed by atoms with Gasteiger partial charge in [-0.25, -0.2) is 0 Å². The van der Waals surface area contributed by atoms with E-state index in [2.05, 4.69) is 79.9 Å². The van der Waals surface area contributed by atoms with Crippen molar-refractivity contribution in [1.82, 2.24) is 5.32 Å². The zero-order valence-electron chi connectivity index (χ0n) is 36.4. The number of ether oxygens (including phenoxy) is 4. The molecule has 0 radical (unpaired) electrons. The van der Waals surface area contributed by atoms with Crippen molar-refractivity contribution in [2.24, 2.45) is 0 Å². The zero-order chi connectivity index (χ0) is 44.7. The number of aliphatic hydroxyl groups is 8. The molecule has 2 saturated heterocycles. The lowest BCUT2D eigenvalue weighted by Gasteiger charge is -2.46. The second-order valence-corrected chi connectivity index (χ2v) is 15.4. The van der Waals surface area contributed by atoms with Gasteiger partial charge in [-0.1, -0.05) is 118 Å². The van der Waals surface area contributed by atoms with Gasteiger partial charge in [0.2, 0.25) is 5.91 Å². The molecule has 14 nitrogen and oxygen atoms in total. The van der Waals surface area contributed by atoms with Crippen LogP contribution in [0.25, 0.3) is 0 Å². The first-order chi connectivity index (χ1) is 29.6. The summed E-state index contributed by atoms with van der Waals surface area (Å²) < 4.78 is 22.5. The molecule has 2 aliphatic heterocycles. The van der Waals surface area contributed by atoms with E-state index in [9.17, 15) is 45.6 Å². The highest BCUT2D eigenvalue weighted by molar-refractivity contribution is 5.76. The lowest BCUT2D eigenvalue weighted by atomic mass is 9.97. The Morgan fingerprint density at radius 1 is 0.607 bits per heavy atom. The van der Waals surface area contributed by atoms with Crippen molar-refractivity contribution in [3.63, 3.8) is 0 Å². The Balaban J connectivity index is 1.98. The van der Waals surface area contributed by atoms with E-state index in [-0.39, 0.29) is 18.9 Å². The standard InChI is InChI=1S/C47H77NO13/c1-3-5-7-9-11-13-15-17-19-20-22-24-26-28-30-36(51)35(48-39(52)31-29-27-25-23-21-18-16-14-12-10-8-6-4-2)34-58-46-44(57)42(55)45(38(33-50)60-46)61-47-43(56)41(54)40(53)37(32-49)59-47/h6,8,12-15,18,20-22,25,27-28,30,35-38,40-47,49-51,53-57H,3-5,7,9-11,16-17,19,23-24,26,29,31-34H2,1-2H3,(H,48,52)/b8-6-,14-12-,15-13+,21-18-,22-20+,27-25-,30-28+. The number of carbonyl (C=O) groups is 1. The summed E-state index contributed by atoms with van der Waals surface area (Å²) in [5.41, 5.74) is 0. The number of amides is 1. The molecule has 12 atom stereocenters. The van der Waals surface area contributed by atoms with Crippen molar-refractivity contribution in [1.29, 1.82) is 0 Å². The number of unbranched alkanes of at least 4 members (excludes halogenated alkanes) is 6. The number of hydrogen-bond donors (Lipinski definition) is 9. The minimum Gasteiger partial charge on any atom is -0.394 e. The van der Waals surface area contributed by atoms with Crippen LogP contribution in [-0.2, 0) is 23.7 Å². The quantitative estimate of drug-likeness (QED) is 0.0351. The van der Waals surface area contributed by atoms with Gasteiger partial charge in [-0.05, 0) is 70.6 Å². The average molecular weight is 864 g/mol. The smallest absolute Gasteiger partial charge is 0.220 e. The monoisotopic (exact) mass is 864 g/mol. The molecule has 1 amide bonds. The summed E-state index contributed by atoms with van der Waals surface area (Å²) in [6.07, 6.45) is 25.1. The predicted molar refractivity (Wildman–Crippen MR) is 235 cm³/mol. The number of allylic oxidation sites excluding steroid dienone is 13. The molecular weight excluding hydrogens is 787 g/mol. The maximum atomic E-state index is 13.0. The van der Waals surface area contributed by atoms with Gasteiger partial charge in [-0.15, -0.1) is 0 Å². The minimum atomic E-state index is -1.80. The van der Waals surface area contributed by atoms with Crippen molar-refractivity contribution in [3.05, 3.63) is 85.1 Å². The summed E-state index contributed by atoms with van der Waals surface area (Å²) in [5, 5.41) is 86.3. The summed E-state index contributed by atoms with van der Waals surface area (Å²) in [6.45, 7) is 2.52. The lowest BCUT2D eigenvalue weighted by molar-refractivity contribution is -0.359. The number of nitrogens with one attached hydrogen (secondary N) is 1. The van der Waals surface area contributed by atoms with Crippen LogP contribution in [0.3, 0.4) is 0 Å². The van der Waals surface area contributed by atoms with Crippen LogP contribution in [0.2, 0.25) is 0 Å². The summed E-state index contributed by atoms with van der Waals surface area (Å²) >= 11 is 0. The van der Waals surface area contributed by atoms with E-state index >= 15 is 0 Å². The van der Waals surface area contributed by atoms with E-state index in [0.717, 1.165) is 51.4 Å². The van der Waals surface area contributed by atoms with Crippen molar-refractivity contribution in [3.8, 4) is 0 Å². The molecule has 0 aliphatic carbocycles. The van der Waals surface area contributed by atoms with Gasteiger partial charge in [-0.3, -0.25) is 4.79 Å². The van der Waals surface area contributed by atoms with Crippen LogP contribution in [0.4, 0.5) is 0 Å². The fraction of sp³-hybridized carbons (Fsp3) is 0.681. The molecule has 2 heterocycles. The van der Waals surface area contributed by atoms with Crippen molar-refractivity contribution < 1.29 is 64.6 Å². The molecule has 14 heteroatoms. The SMILES string of the molecule is CC/C=C\C/C=C\C/C=C\C/C=C\CCC(=O)NC(COC1OC(CO)C(OC2OC(CO)C(O)C(O)C2O)C(O)C1O)C(O)/C=C/CC/C=C/CC/C=C/CCCCCC. The Morgan fingerprint density at radius 3 is 1.75 bits per heavy atom. The molecule has 12 unspecified atom stereocenters. The first kappa shape index (κ1) is 54.3. The third-order valence-corrected chi connectivity index (χ3v) is 10.3. The van der Waals surface area contributed by atoms with Crippen LogP contribution in [-0.4, -0.2) is 140 Å². The topological polar surface area (TPSA) is 228 Å². The van der Waals surface area contributed by atoms with Crippen LogP contribution in [0, 0.1) is 0 Å². The number of hydrogen-bond acceptors (Lipinski definition) is 13. The van der Waals surface area contributed by atoms with Gasteiger partial charge in [0.15, 0.2) is 12.6 Å². The Bertz CT molecular complexity index is 1350. The number of aliphatic hydroxyl groups excluding tert-OH is 8. The van der Waals surface area contributed by atoms with Crippen LogP contribution in [0.1, 0.15) is 110 Å². The summed E-state index contributed by atoms with van der Waals surface area (Å²) in [6, 6.07) is -0.978. The maximum Gasteiger partial charge on any atom is 0.220 e. The highest BCUT2D eigenvalue weighted by atomic mass is 16.7. The van der Waals surface area contributed by atoms with Gasteiger partial charge in [-0.2, -0.15) is 0 Å². The van der Waals surface area contributed by atoms with Crippen LogP contribution in [0.15, 0.2) is 85.1 Å². The van der Waals surface area contributed by atoms with Gasteiger partial charge in [0.25, 0.3) is 0 Å². The molecular formula is C47H77NO13. The van der Waals surface area contributed by atoms with Crippen LogP contribution < -0.4 is 5.32 Å². The largest absolute Gasteiger partial charge is 0.394 e. The molecule has 0 saturated carbocycles. The lowest BCUT2D eigenvalue weighted by Crippen LogP contribution is -2.65. The van der Waals surface area contributed by atoms with E-state index in [1.165, 1.54) is 25.7 Å². The van der Waals surface area contributed by atoms with Gasteiger partial charge < -0.3 is 65.1 Å². The normalized spacial score (nSPS) is 28.8. The Labute approximate surface area is 363 Å². The van der Waals surface area contributed by atoms with Crippen LogP contribution in [0.5, 0.6) is 0 Å². The molecule has 0 aromatic rings. The summed E-state index contributed by atoms with van der Waals surface area (Å²) in [7, 11) is 0. The Hall–Kier alpha value is -2.83. The molecule has 61 heavy (non-hydrogen) atoms. The molecule has 0 aromatic carbocycles.